The van der Waals surface area contributed by atoms with Crippen LogP contribution >= 0.6 is 23.7 Å². The number of methoxy groups -OCH3 is 2. The van der Waals surface area contributed by atoms with Crippen LogP contribution in [0.15, 0.2) is 36.4 Å². The van der Waals surface area contributed by atoms with Gasteiger partial charge in [-0.25, -0.2) is 4.98 Å². The van der Waals surface area contributed by atoms with E-state index in [0.29, 0.717) is 34.4 Å². The summed E-state index contributed by atoms with van der Waals surface area (Å²) in [7, 11) is 3.23. The van der Waals surface area contributed by atoms with Crippen molar-refractivity contribution < 1.29 is 19.0 Å². The number of carbonyl (C=O) groups excluding carboxylic acids is 1. The molecule has 180 valence electrons. The van der Waals surface area contributed by atoms with Crippen molar-refractivity contribution in [2.24, 2.45) is 0 Å². The number of thiazole rings is 1. The smallest absolute Gasteiger partial charge is 0.266 e. The number of fused-ring (bicyclic) bond motifs is 1. The Kier molecular flexibility index (Phi) is 10.2. The van der Waals surface area contributed by atoms with Crippen molar-refractivity contribution in [2.75, 3.05) is 51.9 Å². The summed E-state index contributed by atoms with van der Waals surface area (Å²) in [5, 5.41) is 0.604. The standard InChI is InChI=1S/C24H31N3O4S.ClH/c1-6-26(7-2)14-15-27(21(28)16-31-18-10-8-17(3)9-11-18)24-25-22-19(29-4)12-13-20(30-5)23(22)32-24;/h8-13H,6-7,14-16H2,1-5H3;1H. The molecule has 2 aromatic carbocycles. The molecule has 0 unspecified atom stereocenters. The number of halogens is 1. The Balaban J connectivity index is 0.00000385. The molecular formula is C24H32ClN3O4S. The Morgan fingerprint density at radius 1 is 0.970 bits per heavy atom. The number of aromatic nitrogens is 1. The topological polar surface area (TPSA) is 64.1 Å². The van der Waals surface area contributed by atoms with Crippen LogP contribution in [0, 0.1) is 6.92 Å². The highest BCUT2D eigenvalue weighted by Crippen LogP contribution is 2.40. The molecule has 0 atom stereocenters. The van der Waals surface area contributed by atoms with Crippen LogP contribution in [0.2, 0.25) is 0 Å². The van der Waals surface area contributed by atoms with Crippen molar-refractivity contribution >= 4 is 45.0 Å². The molecule has 0 N–H and O–H groups in total. The number of amides is 1. The van der Waals surface area contributed by atoms with Gasteiger partial charge in [-0.1, -0.05) is 42.9 Å². The number of rotatable bonds is 11. The summed E-state index contributed by atoms with van der Waals surface area (Å²) in [6.07, 6.45) is 0. The van der Waals surface area contributed by atoms with Crippen molar-refractivity contribution in [3.63, 3.8) is 0 Å². The molecule has 0 saturated heterocycles. The van der Waals surface area contributed by atoms with Gasteiger partial charge in [0.1, 0.15) is 27.5 Å². The lowest BCUT2D eigenvalue weighted by Crippen LogP contribution is -2.41. The normalized spacial score (nSPS) is 10.7. The molecule has 3 aromatic rings. The highest BCUT2D eigenvalue weighted by molar-refractivity contribution is 7.22. The van der Waals surface area contributed by atoms with Crippen LogP contribution in [0.4, 0.5) is 5.13 Å². The van der Waals surface area contributed by atoms with Gasteiger partial charge >= 0.3 is 0 Å². The van der Waals surface area contributed by atoms with Crippen molar-refractivity contribution in [1.82, 2.24) is 9.88 Å². The highest BCUT2D eigenvalue weighted by atomic mass is 35.5. The molecular weight excluding hydrogens is 462 g/mol. The Hall–Kier alpha value is -2.55. The van der Waals surface area contributed by atoms with Gasteiger partial charge in [0, 0.05) is 13.1 Å². The Morgan fingerprint density at radius 3 is 2.21 bits per heavy atom. The van der Waals surface area contributed by atoms with Gasteiger partial charge in [-0.15, -0.1) is 12.4 Å². The van der Waals surface area contributed by atoms with Crippen LogP contribution in [0.5, 0.6) is 17.2 Å². The molecule has 33 heavy (non-hydrogen) atoms. The van der Waals surface area contributed by atoms with E-state index in [1.165, 1.54) is 11.3 Å². The van der Waals surface area contributed by atoms with Crippen molar-refractivity contribution in [3.05, 3.63) is 42.0 Å². The number of benzene rings is 2. The molecule has 1 amide bonds. The quantitative estimate of drug-likeness (QED) is 0.382. The van der Waals surface area contributed by atoms with E-state index in [1.54, 1.807) is 19.1 Å². The molecule has 7 nitrogen and oxygen atoms in total. The maximum absolute atomic E-state index is 13.2. The summed E-state index contributed by atoms with van der Waals surface area (Å²) in [6, 6.07) is 11.3. The van der Waals surface area contributed by atoms with Crippen LogP contribution < -0.4 is 19.1 Å². The number of likely N-dealkylation sites (N-methyl/N-ethyl adjacent to an activating group) is 1. The minimum Gasteiger partial charge on any atom is -0.495 e. The van der Waals surface area contributed by atoms with Crippen LogP contribution in [0.1, 0.15) is 19.4 Å². The van der Waals surface area contributed by atoms with Crippen LogP contribution in [-0.2, 0) is 4.79 Å². The second-order valence-corrected chi connectivity index (χ2v) is 8.30. The zero-order valence-electron chi connectivity index (χ0n) is 19.8. The second-order valence-electron chi connectivity index (χ2n) is 7.32. The van der Waals surface area contributed by atoms with Gasteiger partial charge in [-0.3, -0.25) is 9.69 Å². The summed E-state index contributed by atoms with van der Waals surface area (Å²) < 4.78 is 17.6. The van der Waals surface area contributed by atoms with E-state index in [2.05, 4.69) is 18.7 Å². The summed E-state index contributed by atoms with van der Waals surface area (Å²) in [6.45, 7) is 9.27. The fraction of sp³-hybridized carbons (Fsp3) is 0.417. The molecule has 0 aliphatic carbocycles. The molecule has 9 heteroatoms. The molecule has 0 aliphatic heterocycles. The number of ether oxygens (including phenoxy) is 3. The third kappa shape index (κ3) is 6.50. The predicted molar refractivity (Wildman–Crippen MR) is 137 cm³/mol. The second kappa shape index (κ2) is 12.6. The summed E-state index contributed by atoms with van der Waals surface area (Å²) >= 11 is 1.42. The number of nitrogens with zero attached hydrogens (tertiary/aromatic N) is 3. The van der Waals surface area contributed by atoms with E-state index in [4.69, 9.17) is 19.2 Å². The van der Waals surface area contributed by atoms with E-state index in [9.17, 15) is 4.79 Å². The lowest BCUT2D eigenvalue weighted by Gasteiger charge is -2.24. The Bertz CT molecular complexity index is 997. The van der Waals surface area contributed by atoms with Gasteiger partial charge in [0.2, 0.25) is 0 Å². The Morgan fingerprint density at radius 2 is 1.61 bits per heavy atom. The summed E-state index contributed by atoms with van der Waals surface area (Å²) in [5.41, 5.74) is 1.83. The van der Waals surface area contributed by atoms with Crippen LogP contribution in [-0.4, -0.2) is 62.8 Å². The van der Waals surface area contributed by atoms with Crippen LogP contribution in [0.3, 0.4) is 0 Å². The minimum atomic E-state index is -0.144. The molecule has 0 radical (unpaired) electrons. The molecule has 0 bridgehead atoms. The van der Waals surface area contributed by atoms with Gasteiger partial charge in [0.15, 0.2) is 11.7 Å². The number of hydrogen-bond donors (Lipinski definition) is 0. The lowest BCUT2D eigenvalue weighted by atomic mass is 10.2. The number of carbonyl (C=O) groups is 1. The van der Waals surface area contributed by atoms with E-state index in [0.717, 1.165) is 29.9 Å². The minimum absolute atomic E-state index is 0. The maximum Gasteiger partial charge on any atom is 0.266 e. The van der Waals surface area contributed by atoms with E-state index in [-0.39, 0.29) is 24.9 Å². The largest absolute Gasteiger partial charge is 0.495 e. The van der Waals surface area contributed by atoms with Crippen molar-refractivity contribution in [2.45, 2.75) is 20.8 Å². The molecule has 0 aliphatic rings. The molecule has 3 rings (SSSR count). The number of aryl methyl sites for hydroxylation is 1. The molecule has 0 fully saturated rings. The number of anilines is 1. The molecule has 1 aromatic heterocycles. The van der Waals surface area contributed by atoms with Crippen molar-refractivity contribution in [3.8, 4) is 17.2 Å². The average Bonchev–Trinajstić information content (AvgIpc) is 3.26. The molecule has 0 saturated carbocycles. The van der Waals surface area contributed by atoms with Gasteiger partial charge in [-0.05, 0) is 44.3 Å². The monoisotopic (exact) mass is 493 g/mol. The third-order valence-corrected chi connectivity index (χ3v) is 6.44. The van der Waals surface area contributed by atoms with Gasteiger partial charge in [-0.2, -0.15) is 0 Å². The number of hydrogen-bond acceptors (Lipinski definition) is 7. The van der Waals surface area contributed by atoms with Gasteiger partial charge in [0.25, 0.3) is 5.91 Å². The first kappa shape index (κ1) is 26.7. The van der Waals surface area contributed by atoms with E-state index >= 15 is 0 Å². The zero-order chi connectivity index (χ0) is 23.1. The van der Waals surface area contributed by atoms with Crippen LogP contribution in [0.25, 0.3) is 10.2 Å². The summed E-state index contributed by atoms with van der Waals surface area (Å²) in [5.74, 6) is 1.88. The SMILES string of the molecule is CCN(CC)CCN(C(=O)COc1ccc(C)cc1)c1nc2c(OC)ccc(OC)c2s1.Cl. The maximum atomic E-state index is 13.2. The molecule has 0 spiro atoms. The third-order valence-electron chi connectivity index (χ3n) is 5.35. The first-order valence-electron chi connectivity index (χ1n) is 10.7. The first-order valence-corrected chi connectivity index (χ1v) is 11.6. The fourth-order valence-corrected chi connectivity index (χ4v) is 4.47. The lowest BCUT2D eigenvalue weighted by molar-refractivity contribution is -0.120. The van der Waals surface area contributed by atoms with E-state index < -0.39 is 0 Å². The van der Waals surface area contributed by atoms with E-state index in [1.807, 2.05) is 43.3 Å². The molecule has 1 heterocycles. The first-order chi connectivity index (χ1) is 15.5. The zero-order valence-corrected chi connectivity index (χ0v) is 21.4. The predicted octanol–water partition coefficient (Wildman–Crippen LogP) is 4.80. The van der Waals surface area contributed by atoms with Crippen molar-refractivity contribution in [1.29, 1.82) is 0 Å². The fourth-order valence-electron chi connectivity index (χ4n) is 3.36. The Labute approximate surface area is 205 Å². The van der Waals surface area contributed by atoms with Gasteiger partial charge in [0.05, 0.1) is 14.2 Å². The summed E-state index contributed by atoms with van der Waals surface area (Å²) in [4.78, 5) is 22.0. The van der Waals surface area contributed by atoms with Gasteiger partial charge < -0.3 is 19.1 Å². The highest BCUT2D eigenvalue weighted by Gasteiger charge is 2.23. The average molecular weight is 494 g/mol.